The van der Waals surface area contributed by atoms with Gasteiger partial charge < -0.3 is 10.6 Å². The molecule has 0 atom stereocenters. The van der Waals surface area contributed by atoms with Gasteiger partial charge in [-0.2, -0.15) is 0 Å². The van der Waals surface area contributed by atoms with E-state index < -0.39 is 0 Å². The van der Waals surface area contributed by atoms with Crippen molar-refractivity contribution < 1.29 is 4.79 Å². The molecule has 0 heterocycles. The van der Waals surface area contributed by atoms with Crippen molar-refractivity contribution in [3.05, 3.63) is 65.2 Å². The van der Waals surface area contributed by atoms with Crippen LogP contribution in [0.3, 0.4) is 0 Å². The van der Waals surface area contributed by atoms with Crippen LogP contribution in [0.5, 0.6) is 0 Å². The predicted molar refractivity (Wildman–Crippen MR) is 102 cm³/mol. The molecule has 0 radical (unpaired) electrons. The Morgan fingerprint density at radius 1 is 0.875 bits per heavy atom. The van der Waals surface area contributed by atoms with Crippen molar-refractivity contribution in [2.75, 3.05) is 11.9 Å². The van der Waals surface area contributed by atoms with Crippen LogP contribution in [0.4, 0.5) is 10.5 Å². The van der Waals surface area contributed by atoms with Crippen molar-refractivity contribution in [3.8, 4) is 0 Å². The first-order chi connectivity index (χ1) is 11.7. The van der Waals surface area contributed by atoms with Gasteiger partial charge in [-0.25, -0.2) is 4.79 Å². The molecule has 3 heteroatoms. The molecule has 128 valence electrons. The van der Waals surface area contributed by atoms with Gasteiger partial charge in [0.25, 0.3) is 0 Å². The molecule has 2 aromatic carbocycles. The smallest absolute Gasteiger partial charge is 0.319 e. The molecule has 0 aliphatic carbocycles. The summed E-state index contributed by atoms with van der Waals surface area (Å²) >= 11 is 0. The van der Waals surface area contributed by atoms with E-state index in [-0.39, 0.29) is 6.03 Å². The Labute approximate surface area is 145 Å². The largest absolute Gasteiger partial charge is 0.338 e. The summed E-state index contributed by atoms with van der Waals surface area (Å²) in [6.45, 7) is 4.93. The quantitative estimate of drug-likeness (QED) is 0.662. The van der Waals surface area contributed by atoms with Gasteiger partial charge in [-0.3, -0.25) is 0 Å². The van der Waals surface area contributed by atoms with Gasteiger partial charge in [0.2, 0.25) is 0 Å². The highest BCUT2D eigenvalue weighted by Crippen LogP contribution is 2.22. The molecular weight excluding hydrogens is 296 g/mol. The van der Waals surface area contributed by atoms with Crippen molar-refractivity contribution in [3.63, 3.8) is 0 Å². The lowest BCUT2D eigenvalue weighted by Gasteiger charge is -2.15. The second-order valence-electron chi connectivity index (χ2n) is 5.98. The van der Waals surface area contributed by atoms with Gasteiger partial charge in [0, 0.05) is 12.2 Å². The third-order valence-electron chi connectivity index (χ3n) is 4.26. The van der Waals surface area contributed by atoms with E-state index in [1.165, 1.54) is 16.7 Å². The Hall–Kier alpha value is -2.29. The molecule has 0 bridgehead atoms. The summed E-state index contributed by atoms with van der Waals surface area (Å²) in [5, 5.41) is 6.01. The fourth-order valence-corrected chi connectivity index (χ4v) is 2.86. The second kappa shape index (κ2) is 9.76. The van der Waals surface area contributed by atoms with Crippen LogP contribution in [0, 0.1) is 0 Å². The molecule has 3 nitrogen and oxygen atoms in total. The Morgan fingerprint density at radius 2 is 1.54 bits per heavy atom. The molecule has 2 rings (SSSR count). The van der Waals surface area contributed by atoms with Gasteiger partial charge in [-0.05, 0) is 48.8 Å². The molecule has 2 aromatic rings. The van der Waals surface area contributed by atoms with Crippen LogP contribution >= 0.6 is 0 Å². The van der Waals surface area contributed by atoms with Gasteiger partial charge in [0.05, 0.1) is 0 Å². The zero-order valence-electron chi connectivity index (χ0n) is 14.8. The van der Waals surface area contributed by atoms with Gasteiger partial charge >= 0.3 is 6.03 Å². The van der Waals surface area contributed by atoms with Gasteiger partial charge in [-0.15, -0.1) is 0 Å². The van der Waals surface area contributed by atoms with E-state index in [0.717, 1.165) is 37.8 Å². The lowest BCUT2D eigenvalue weighted by atomic mass is 10.0. The van der Waals surface area contributed by atoms with Crippen LogP contribution in [0.15, 0.2) is 48.5 Å². The summed E-state index contributed by atoms with van der Waals surface area (Å²) in [7, 11) is 0. The molecule has 0 aromatic heterocycles. The summed E-state index contributed by atoms with van der Waals surface area (Å²) < 4.78 is 0. The second-order valence-corrected chi connectivity index (χ2v) is 5.98. The summed E-state index contributed by atoms with van der Waals surface area (Å²) in [5.41, 5.74) is 4.71. The summed E-state index contributed by atoms with van der Waals surface area (Å²) in [5.74, 6) is 0. The fraction of sp³-hybridized carbons (Fsp3) is 0.381. The average molecular weight is 324 g/mol. The van der Waals surface area contributed by atoms with Crippen LogP contribution in [-0.2, 0) is 19.3 Å². The first-order valence-electron chi connectivity index (χ1n) is 8.94. The van der Waals surface area contributed by atoms with Crippen LogP contribution < -0.4 is 10.6 Å². The summed E-state index contributed by atoms with van der Waals surface area (Å²) in [6.07, 6.45) is 4.96. The zero-order chi connectivity index (χ0) is 17.2. The highest BCUT2D eigenvalue weighted by molar-refractivity contribution is 5.91. The highest BCUT2D eigenvalue weighted by Gasteiger charge is 2.09. The number of anilines is 1. The molecule has 0 saturated heterocycles. The third-order valence-corrected chi connectivity index (χ3v) is 4.26. The van der Waals surface area contributed by atoms with Crippen LogP contribution in [0.1, 0.15) is 43.4 Å². The number of urea groups is 1. The first kappa shape index (κ1) is 18.1. The average Bonchev–Trinajstić information content (AvgIpc) is 2.62. The number of amides is 2. The van der Waals surface area contributed by atoms with E-state index in [1.807, 2.05) is 6.07 Å². The molecule has 0 saturated carbocycles. The summed E-state index contributed by atoms with van der Waals surface area (Å²) in [4.78, 5) is 12.2. The fourth-order valence-electron chi connectivity index (χ4n) is 2.86. The number of hydrogen-bond donors (Lipinski definition) is 2. The standard InChI is InChI=1S/C21H28N2O/c1-3-18-14-10-15-19(4-2)20(18)23-21(24)22-16-9-8-13-17-11-6-5-7-12-17/h5-7,10-12,14-15H,3-4,8-9,13,16H2,1-2H3,(H2,22,23,24). The van der Waals surface area contributed by atoms with Crippen molar-refractivity contribution in [2.24, 2.45) is 0 Å². The molecular formula is C21H28N2O. The lowest BCUT2D eigenvalue weighted by Crippen LogP contribution is -2.30. The maximum Gasteiger partial charge on any atom is 0.319 e. The van der Waals surface area contributed by atoms with Crippen molar-refractivity contribution in [1.29, 1.82) is 0 Å². The van der Waals surface area contributed by atoms with E-state index in [4.69, 9.17) is 0 Å². The maximum atomic E-state index is 12.2. The number of aryl methyl sites for hydroxylation is 3. The van der Waals surface area contributed by atoms with Gasteiger partial charge in [-0.1, -0.05) is 62.4 Å². The molecule has 0 aliphatic rings. The molecule has 24 heavy (non-hydrogen) atoms. The minimum atomic E-state index is -0.106. The predicted octanol–water partition coefficient (Wildman–Crippen LogP) is 4.96. The SMILES string of the molecule is CCc1cccc(CC)c1NC(=O)NCCCCc1ccccc1. The molecule has 0 unspecified atom stereocenters. The van der Waals surface area contributed by atoms with Gasteiger partial charge in [0.1, 0.15) is 0 Å². The van der Waals surface area contributed by atoms with Crippen molar-refractivity contribution >= 4 is 11.7 Å². The molecule has 0 aliphatic heterocycles. The van der Waals surface area contributed by atoms with Crippen LogP contribution in [0.2, 0.25) is 0 Å². The van der Waals surface area contributed by atoms with Crippen LogP contribution in [0.25, 0.3) is 0 Å². The Kier molecular flexibility index (Phi) is 7.34. The van der Waals surface area contributed by atoms with E-state index >= 15 is 0 Å². The number of hydrogen-bond acceptors (Lipinski definition) is 1. The molecule has 2 amide bonds. The number of nitrogens with one attached hydrogen (secondary N) is 2. The topological polar surface area (TPSA) is 41.1 Å². The highest BCUT2D eigenvalue weighted by atomic mass is 16.2. The number of carbonyl (C=O) groups excluding carboxylic acids is 1. The Balaban J connectivity index is 1.76. The van der Waals surface area contributed by atoms with E-state index in [9.17, 15) is 4.79 Å². The number of benzene rings is 2. The zero-order valence-corrected chi connectivity index (χ0v) is 14.8. The minimum absolute atomic E-state index is 0.106. The van der Waals surface area contributed by atoms with Crippen molar-refractivity contribution in [1.82, 2.24) is 5.32 Å². The van der Waals surface area contributed by atoms with Crippen LogP contribution in [-0.4, -0.2) is 12.6 Å². The van der Waals surface area contributed by atoms with Gasteiger partial charge in [0.15, 0.2) is 0 Å². The number of rotatable bonds is 8. The third kappa shape index (κ3) is 5.41. The Morgan fingerprint density at radius 3 is 2.17 bits per heavy atom. The molecule has 2 N–H and O–H groups in total. The van der Waals surface area contributed by atoms with E-state index in [1.54, 1.807) is 0 Å². The minimum Gasteiger partial charge on any atom is -0.338 e. The van der Waals surface area contributed by atoms with E-state index in [2.05, 4.69) is 66.9 Å². The number of para-hydroxylation sites is 1. The van der Waals surface area contributed by atoms with E-state index in [0.29, 0.717) is 6.54 Å². The number of carbonyl (C=O) groups is 1. The molecule has 0 spiro atoms. The maximum absolute atomic E-state index is 12.2. The monoisotopic (exact) mass is 324 g/mol. The number of unbranched alkanes of at least 4 members (excludes halogenated alkanes) is 1. The lowest BCUT2D eigenvalue weighted by molar-refractivity contribution is 0.252. The van der Waals surface area contributed by atoms with Crippen molar-refractivity contribution in [2.45, 2.75) is 46.0 Å². The summed E-state index contributed by atoms with van der Waals surface area (Å²) in [6, 6.07) is 16.6. The molecule has 0 fully saturated rings. The first-order valence-corrected chi connectivity index (χ1v) is 8.94. The normalized spacial score (nSPS) is 10.4. The Bertz CT molecular complexity index is 615.